The lowest BCUT2D eigenvalue weighted by molar-refractivity contribution is 0.102. The Hall–Kier alpha value is -3.03. The second kappa shape index (κ2) is 6.94. The predicted octanol–water partition coefficient (Wildman–Crippen LogP) is 4.96. The fourth-order valence-electron chi connectivity index (χ4n) is 2.64. The van der Waals surface area contributed by atoms with Crippen LogP contribution in [0.4, 0.5) is 10.1 Å². The summed E-state index contributed by atoms with van der Waals surface area (Å²) in [6, 6.07) is 10.1. The molecule has 4 rings (SSSR count). The molecule has 4 aromatic rings. The van der Waals surface area contributed by atoms with Crippen LogP contribution in [0.5, 0.6) is 0 Å². The second-order valence-electron chi connectivity index (χ2n) is 5.58. The number of hydrogen-bond acceptors (Lipinski definition) is 5. The summed E-state index contributed by atoms with van der Waals surface area (Å²) in [5, 5.41) is 4.63. The Balaban J connectivity index is 1.88. The molecule has 27 heavy (non-hydrogen) atoms. The molecule has 2 aromatic heterocycles. The molecule has 2 heterocycles. The minimum Gasteiger partial charge on any atom is -0.453 e. The first kappa shape index (κ1) is 17.4. The molecular weight excluding hydrogens is 391 g/mol. The number of nitrogens with zero attached hydrogens (tertiary/aromatic N) is 1. The first-order valence-electron chi connectivity index (χ1n) is 7.75. The van der Waals surface area contributed by atoms with Crippen molar-refractivity contribution < 1.29 is 13.6 Å². The summed E-state index contributed by atoms with van der Waals surface area (Å²) in [7, 11) is 0. The Morgan fingerprint density at radius 1 is 1.22 bits per heavy atom. The maximum absolute atomic E-state index is 14.2. The third kappa shape index (κ3) is 3.22. The lowest BCUT2D eigenvalue weighted by Gasteiger charge is -2.10. The van der Waals surface area contributed by atoms with Crippen LogP contribution in [0.2, 0.25) is 5.02 Å². The van der Waals surface area contributed by atoms with Crippen LogP contribution in [0, 0.1) is 5.82 Å². The minimum atomic E-state index is -0.617. The molecule has 0 saturated carbocycles. The van der Waals surface area contributed by atoms with Crippen LogP contribution in [0.3, 0.4) is 0 Å². The highest BCUT2D eigenvalue weighted by atomic mass is 35.5. The van der Waals surface area contributed by atoms with Gasteiger partial charge < -0.3 is 9.73 Å². The summed E-state index contributed by atoms with van der Waals surface area (Å²) in [5.74, 6) is -1.08. The van der Waals surface area contributed by atoms with E-state index in [-0.39, 0.29) is 44.1 Å². The van der Waals surface area contributed by atoms with Gasteiger partial charge in [0.2, 0.25) is 0 Å². The van der Waals surface area contributed by atoms with E-state index in [0.29, 0.717) is 0 Å². The number of carbonyl (C=O) groups is 1. The number of benzene rings is 2. The molecule has 1 N–H and O–H groups in total. The van der Waals surface area contributed by atoms with Crippen molar-refractivity contribution in [2.24, 2.45) is 0 Å². The van der Waals surface area contributed by atoms with E-state index in [2.05, 4.69) is 10.3 Å². The molecule has 0 spiro atoms. The molecule has 134 valence electrons. The molecule has 0 radical (unpaired) electrons. The number of halogens is 2. The molecule has 2 aromatic carbocycles. The average molecular weight is 401 g/mol. The quantitative estimate of drug-likeness (QED) is 0.527. The van der Waals surface area contributed by atoms with Crippen molar-refractivity contribution in [1.82, 2.24) is 4.98 Å². The summed E-state index contributed by atoms with van der Waals surface area (Å²) >= 11 is 7.37. The number of rotatable bonds is 3. The van der Waals surface area contributed by atoms with Gasteiger partial charge in [0, 0.05) is 11.4 Å². The first-order chi connectivity index (χ1) is 13.0. The molecule has 1 amide bonds. The van der Waals surface area contributed by atoms with Crippen molar-refractivity contribution in [3.8, 4) is 11.3 Å². The SMILES string of the molecule is O=C(Nc1cccc2c(=O)cc(-c3c(F)cccc3Cl)oc12)c1cscn1. The van der Waals surface area contributed by atoms with Crippen molar-refractivity contribution in [1.29, 1.82) is 0 Å². The number of thiazole rings is 1. The number of fused-ring (bicyclic) bond motifs is 1. The zero-order chi connectivity index (χ0) is 19.0. The van der Waals surface area contributed by atoms with Crippen molar-refractivity contribution in [2.75, 3.05) is 5.32 Å². The highest BCUT2D eigenvalue weighted by molar-refractivity contribution is 7.07. The summed E-state index contributed by atoms with van der Waals surface area (Å²) < 4.78 is 20.0. The van der Waals surface area contributed by atoms with Crippen LogP contribution in [-0.2, 0) is 0 Å². The third-order valence-electron chi connectivity index (χ3n) is 3.88. The maximum atomic E-state index is 14.2. The summed E-state index contributed by atoms with van der Waals surface area (Å²) in [6.07, 6.45) is 0. The van der Waals surface area contributed by atoms with Gasteiger partial charge in [-0.05, 0) is 24.3 Å². The molecule has 8 heteroatoms. The van der Waals surface area contributed by atoms with Gasteiger partial charge in [0.25, 0.3) is 5.91 Å². The molecule has 0 atom stereocenters. The number of para-hydroxylation sites is 1. The standard InChI is InChI=1S/C19H10ClFN2O3S/c20-11-4-2-5-12(21)17(11)16-7-15(24)10-3-1-6-13(18(10)26-16)23-19(25)14-8-27-9-22-14/h1-9H,(H,23,25). The van der Waals surface area contributed by atoms with E-state index in [9.17, 15) is 14.0 Å². The smallest absolute Gasteiger partial charge is 0.275 e. The lowest BCUT2D eigenvalue weighted by Crippen LogP contribution is -2.13. The Morgan fingerprint density at radius 3 is 2.78 bits per heavy atom. The average Bonchev–Trinajstić information content (AvgIpc) is 3.17. The van der Waals surface area contributed by atoms with E-state index < -0.39 is 11.7 Å². The van der Waals surface area contributed by atoms with E-state index in [4.69, 9.17) is 16.0 Å². The number of nitrogens with one attached hydrogen (secondary N) is 1. The maximum Gasteiger partial charge on any atom is 0.275 e. The van der Waals surface area contributed by atoms with Crippen LogP contribution in [0.25, 0.3) is 22.3 Å². The predicted molar refractivity (Wildman–Crippen MR) is 103 cm³/mol. The van der Waals surface area contributed by atoms with Crippen LogP contribution in [-0.4, -0.2) is 10.9 Å². The zero-order valence-corrected chi connectivity index (χ0v) is 15.1. The lowest BCUT2D eigenvalue weighted by atomic mass is 10.1. The number of amides is 1. The topological polar surface area (TPSA) is 72.2 Å². The van der Waals surface area contributed by atoms with Crippen LogP contribution in [0.1, 0.15) is 10.5 Å². The van der Waals surface area contributed by atoms with Gasteiger partial charge in [-0.25, -0.2) is 9.37 Å². The molecule has 0 saturated heterocycles. The second-order valence-corrected chi connectivity index (χ2v) is 6.71. The third-order valence-corrected chi connectivity index (χ3v) is 4.78. The molecular formula is C19H10ClFN2O3S. The van der Waals surface area contributed by atoms with Crippen LogP contribution < -0.4 is 10.7 Å². The molecule has 0 bridgehead atoms. The summed E-state index contributed by atoms with van der Waals surface area (Å²) in [5.41, 5.74) is 1.79. The molecule has 0 aliphatic carbocycles. The molecule has 5 nitrogen and oxygen atoms in total. The largest absolute Gasteiger partial charge is 0.453 e. The number of aromatic nitrogens is 1. The van der Waals surface area contributed by atoms with Gasteiger partial charge in [-0.2, -0.15) is 0 Å². The Labute approximate surface area is 161 Å². The van der Waals surface area contributed by atoms with Crippen LogP contribution in [0.15, 0.2) is 62.6 Å². The molecule has 0 unspecified atom stereocenters. The van der Waals surface area contributed by atoms with Crippen molar-refractivity contribution in [3.63, 3.8) is 0 Å². The summed E-state index contributed by atoms with van der Waals surface area (Å²) in [6.45, 7) is 0. The highest BCUT2D eigenvalue weighted by Gasteiger charge is 2.17. The van der Waals surface area contributed by atoms with Gasteiger partial charge in [-0.15, -0.1) is 11.3 Å². The molecule has 0 aliphatic rings. The van der Waals surface area contributed by atoms with E-state index in [1.807, 2.05) is 0 Å². The summed E-state index contributed by atoms with van der Waals surface area (Å²) in [4.78, 5) is 28.8. The van der Waals surface area contributed by atoms with Crippen molar-refractivity contribution in [2.45, 2.75) is 0 Å². The van der Waals surface area contributed by atoms with Gasteiger partial charge >= 0.3 is 0 Å². The number of anilines is 1. The molecule has 0 aliphatic heterocycles. The van der Waals surface area contributed by atoms with Gasteiger partial charge in [0.1, 0.15) is 17.3 Å². The fourth-order valence-corrected chi connectivity index (χ4v) is 3.43. The fraction of sp³-hybridized carbons (Fsp3) is 0. The van der Waals surface area contributed by atoms with E-state index in [0.717, 1.165) is 0 Å². The highest BCUT2D eigenvalue weighted by Crippen LogP contribution is 2.33. The van der Waals surface area contributed by atoms with E-state index in [1.165, 1.54) is 41.1 Å². The zero-order valence-electron chi connectivity index (χ0n) is 13.5. The van der Waals surface area contributed by atoms with Gasteiger partial charge in [-0.1, -0.05) is 23.7 Å². The van der Waals surface area contributed by atoms with E-state index in [1.54, 1.807) is 23.6 Å². The van der Waals surface area contributed by atoms with Gasteiger partial charge in [0.15, 0.2) is 11.0 Å². The van der Waals surface area contributed by atoms with Gasteiger partial charge in [0.05, 0.1) is 27.2 Å². The number of hydrogen-bond donors (Lipinski definition) is 1. The van der Waals surface area contributed by atoms with E-state index >= 15 is 0 Å². The monoisotopic (exact) mass is 400 g/mol. The Bertz CT molecular complexity index is 1200. The van der Waals surface area contributed by atoms with Crippen molar-refractivity contribution >= 4 is 45.5 Å². The Morgan fingerprint density at radius 2 is 2.04 bits per heavy atom. The first-order valence-corrected chi connectivity index (χ1v) is 9.07. The normalized spacial score (nSPS) is 10.9. The Kier molecular flexibility index (Phi) is 4.47. The van der Waals surface area contributed by atoms with Crippen LogP contribution >= 0.6 is 22.9 Å². The number of carbonyl (C=O) groups excluding carboxylic acids is 1. The van der Waals surface area contributed by atoms with Crippen molar-refractivity contribution in [3.05, 3.63) is 80.1 Å². The molecule has 0 fully saturated rings. The minimum absolute atomic E-state index is 0.0150. The van der Waals surface area contributed by atoms with Gasteiger partial charge in [-0.3, -0.25) is 9.59 Å².